The van der Waals surface area contributed by atoms with Crippen LogP contribution in [0.3, 0.4) is 0 Å². The fourth-order valence-electron chi connectivity index (χ4n) is 3.46. The van der Waals surface area contributed by atoms with Crippen molar-refractivity contribution in [3.63, 3.8) is 0 Å². The minimum Gasteiger partial charge on any atom is -0.496 e. The van der Waals surface area contributed by atoms with Crippen LogP contribution in [0.5, 0.6) is 5.75 Å². The van der Waals surface area contributed by atoms with Gasteiger partial charge < -0.3 is 10.1 Å². The van der Waals surface area contributed by atoms with Crippen molar-refractivity contribution in [1.29, 1.82) is 0 Å². The van der Waals surface area contributed by atoms with E-state index in [4.69, 9.17) is 4.74 Å². The summed E-state index contributed by atoms with van der Waals surface area (Å²) in [7, 11) is -1.74. The van der Waals surface area contributed by atoms with E-state index in [0.717, 1.165) is 17.5 Å². The molecular formula is C21H26N2O4S. The zero-order valence-corrected chi connectivity index (χ0v) is 17.3. The topological polar surface area (TPSA) is 75.7 Å². The highest BCUT2D eigenvalue weighted by Gasteiger charge is 2.27. The molecule has 1 N–H and O–H groups in total. The van der Waals surface area contributed by atoms with Crippen LogP contribution in [0.2, 0.25) is 0 Å². The van der Waals surface area contributed by atoms with Crippen LogP contribution in [0.1, 0.15) is 47.3 Å². The maximum atomic E-state index is 12.8. The highest BCUT2D eigenvalue weighted by Crippen LogP contribution is 2.29. The Morgan fingerprint density at radius 1 is 1.18 bits per heavy atom. The number of methoxy groups -OCH3 is 1. The molecule has 7 heteroatoms. The van der Waals surface area contributed by atoms with E-state index in [1.807, 2.05) is 38.1 Å². The van der Waals surface area contributed by atoms with E-state index in [1.54, 1.807) is 25.3 Å². The van der Waals surface area contributed by atoms with Gasteiger partial charge in [0.2, 0.25) is 10.0 Å². The fourth-order valence-corrected chi connectivity index (χ4v) is 5.15. The van der Waals surface area contributed by atoms with Crippen LogP contribution in [0.15, 0.2) is 42.5 Å². The van der Waals surface area contributed by atoms with Gasteiger partial charge in [-0.05, 0) is 50.5 Å². The average molecular weight is 403 g/mol. The molecule has 3 rings (SSSR count). The smallest absolute Gasteiger partial charge is 0.251 e. The number of rotatable bonds is 5. The summed E-state index contributed by atoms with van der Waals surface area (Å²) in [5, 5.41) is 2.97. The molecule has 0 saturated carbocycles. The first-order chi connectivity index (χ1) is 13.3. The highest BCUT2D eigenvalue weighted by molar-refractivity contribution is 7.92. The zero-order chi connectivity index (χ0) is 20.3. The molecule has 28 heavy (non-hydrogen) atoms. The Morgan fingerprint density at radius 3 is 2.64 bits per heavy atom. The molecular weight excluding hydrogens is 376 g/mol. The molecule has 150 valence electrons. The molecule has 1 fully saturated rings. The van der Waals surface area contributed by atoms with Gasteiger partial charge in [0.25, 0.3) is 5.91 Å². The Balaban J connectivity index is 1.85. The second-order valence-electron chi connectivity index (χ2n) is 7.03. The largest absolute Gasteiger partial charge is 0.496 e. The van der Waals surface area contributed by atoms with E-state index >= 15 is 0 Å². The van der Waals surface area contributed by atoms with Crippen LogP contribution < -0.4 is 14.4 Å². The summed E-state index contributed by atoms with van der Waals surface area (Å²) in [6.07, 6.45) is 1.49. The quantitative estimate of drug-likeness (QED) is 0.831. The van der Waals surface area contributed by atoms with Gasteiger partial charge in [-0.2, -0.15) is 0 Å². The molecule has 1 amide bonds. The van der Waals surface area contributed by atoms with Crippen molar-refractivity contribution in [3.05, 3.63) is 59.2 Å². The Kier molecular flexibility index (Phi) is 5.93. The first kappa shape index (κ1) is 20.2. The summed E-state index contributed by atoms with van der Waals surface area (Å²) in [5.74, 6) is 0.599. The summed E-state index contributed by atoms with van der Waals surface area (Å²) in [5.41, 5.74) is 2.73. The number of sulfonamides is 1. The lowest BCUT2D eigenvalue weighted by atomic mass is 10.1. The Hall–Kier alpha value is -2.54. The summed E-state index contributed by atoms with van der Waals surface area (Å²) in [4.78, 5) is 12.8. The summed E-state index contributed by atoms with van der Waals surface area (Å²) in [6, 6.07) is 12.5. The van der Waals surface area contributed by atoms with Crippen molar-refractivity contribution in [2.75, 3.05) is 23.7 Å². The van der Waals surface area contributed by atoms with Gasteiger partial charge in [0.05, 0.1) is 24.6 Å². The Morgan fingerprint density at radius 2 is 1.93 bits per heavy atom. The number of nitrogens with one attached hydrogen (secondary N) is 1. The first-order valence-electron chi connectivity index (χ1n) is 9.38. The highest BCUT2D eigenvalue weighted by atomic mass is 32.2. The SMILES string of the molecule is COc1ccccc1[C@H](C)NC(=O)c1ccc(C)c(N2CCCCS2(=O)=O)c1. The van der Waals surface area contributed by atoms with E-state index in [0.29, 0.717) is 30.0 Å². The van der Waals surface area contributed by atoms with Gasteiger partial charge in [0.1, 0.15) is 5.75 Å². The molecule has 1 aliphatic rings. The number of nitrogens with zero attached hydrogens (tertiary/aromatic N) is 1. The Labute approximate surface area is 166 Å². The number of benzene rings is 2. The van der Waals surface area contributed by atoms with E-state index in [-0.39, 0.29) is 17.7 Å². The van der Waals surface area contributed by atoms with Crippen LogP contribution in [-0.2, 0) is 10.0 Å². The van der Waals surface area contributed by atoms with Crippen molar-refractivity contribution >= 4 is 21.6 Å². The monoisotopic (exact) mass is 402 g/mol. The molecule has 1 heterocycles. The molecule has 0 radical (unpaired) electrons. The van der Waals surface area contributed by atoms with Gasteiger partial charge in [0.15, 0.2) is 0 Å². The minimum absolute atomic E-state index is 0.147. The third-order valence-electron chi connectivity index (χ3n) is 5.04. The van der Waals surface area contributed by atoms with Gasteiger partial charge in [-0.25, -0.2) is 8.42 Å². The molecule has 0 bridgehead atoms. The maximum absolute atomic E-state index is 12.8. The van der Waals surface area contributed by atoms with Crippen molar-refractivity contribution in [2.24, 2.45) is 0 Å². The fraction of sp³-hybridized carbons (Fsp3) is 0.381. The number of aryl methyl sites for hydroxylation is 1. The molecule has 2 aromatic carbocycles. The average Bonchev–Trinajstić information content (AvgIpc) is 2.68. The number of carbonyl (C=O) groups excluding carboxylic acids is 1. The van der Waals surface area contributed by atoms with Gasteiger partial charge in [-0.1, -0.05) is 24.3 Å². The standard InChI is InChI=1S/C21H26N2O4S/c1-15-10-11-17(14-19(15)23-12-6-7-13-28(23,25)26)21(24)22-16(2)18-8-4-5-9-20(18)27-3/h4-5,8-11,14,16H,6-7,12-13H2,1-3H3,(H,22,24)/t16-/m0/s1. The second-order valence-corrected chi connectivity index (χ2v) is 9.05. The number of carbonyl (C=O) groups is 1. The van der Waals surface area contributed by atoms with Crippen LogP contribution in [0.4, 0.5) is 5.69 Å². The summed E-state index contributed by atoms with van der Waals surface area (Å²) >= 11 is 0. The predicted molar refractivity (Wildman–Crippen MR) is 110 cm³/mol. The predicted octanol–water partition coefficient (Wildman–Crippen LogP) is 3.42. The lowest BCUT2D eigenvalue weighted by Gasteiger charge is -2.29. The molecule has 1 saturated heterocycles. The van der Waals surface area contributed by atoms with Crippen molar-refractivity contribution < 1.29 is 17.9 Å². The zero-order valence-electron chi connectivity index (χ0n) is 16.4. The molecule has 0 aliphatic carbocycles. The van der Waals surface area contributed by atoms with Gasteiger partial charge >= 0.3 is 0 Å². The lowest BCUT2D eigenvalue weighted by Crippen LogP contribution is -2.38. The van der Waals surface area contributed by atoms with Crippen LogP contribution in [0.25, 0.3) is 0 Å². The van der Waals surface area contributed by atoms with Crippen molar-refractivity contribution in [1.82, 2.24) is 5.32 Å². The third-order valence-corrected chi connectivity index (χ3v) is 6.90. The van der Waals surface area contributed by atoms with E-state index in [2.05, 4.69) is 5.32 Å². The molecule has 2 aromatic rings. The van der Waals surface area contributed by atoms with E-state index < -0.39 is 10.0 Å². The van der Waals surface area contributed by atoms with Crippen molar-refractivity contribution in [3.8, 4) is 5.75 Å². The lowest BCUT2D eigenvalue weighted by molar-refractivity contribution is 0.0939. The van der Waals surface area contributed by atoms with Gasteiger partial charge in [0, 0.05) is 17.7 Å². The number of anilines is 1. The summed E-state index contributed by atoms with van der Waals surface area (Å²) < 4.78 is 31.7. The molecule has 0 aromatic heterocycles. The molecule has 0 unspecified atom stereocenters. The van der Waals surface area contributed by atoms with E-state index in [1.165, 1.54) is 4.31 Å². The van der Waals surface area contributed by atoms with Gasteiger partial charge in [-0.3, -0.25) is 9.10 Å². The molecule has 0 spiro atoms. The second kappa shape index (κ2) is 8.22. The number of para-hydroxylation sites is 1. The molecule has 6 nitrogen and oxygen atoms in total. The third kappa shape index (κ3) is 4.14. The minimum atomic E-state index is -3.33. The number of hydrogen-bond donors (Lipinski definition) is 1. The first-order valence-corrected chi connectivity index (χ1v) is 11.0. The van der Waals surface area contributed by atoms with E-state index in [9.17, 15) is 13.2 Å². The van der Waals surface area contributed by atoms with Crippen LogP contribution >= 0.6 is 0 Å². The number of amides is 1. The number of hydrogen-bond acceptors (Lipinski definition) is 4. The molecule has 1 aliphatic heterocycles. The normalized spacial score (nSPS) is 17.0. The summed E-state index contributed by atoms with van der Waals surface area (Å²) in [6.45, 7) is 4.20. The maximum Gasteiger partial charge on any atom is 0.251 e. The number of ether oxygens (including phenoxy) is 1. The molecule has 1 atom stereocenters. The van der Waals surface area contributed by atoms with Gasteiger partial charge in [-0.15, -0.1) is 0 Å². The van der Waals surface area contributed by atoms with Crippen molar-refractivity contribution in [2.45, 2.75) is 32.7 Å². The van der Waals surface area contributed by atoms with Crippen LogP contribution in [-0.4, -0.2) is 33.7 Å². The Bertz CT molecular complexity index is 972. The van der Waals surface area contributed by atoms with Crippen LogP contribution in [0, 0.1) is 6.92 Å².